The van der Waals surface area contributed by atoms with Gasteiger partial charge in [0.15, 0.2) is 0 Å². The number of ether oxygens (including phenoxy) is 1. The van der Waals surface area contributed by atoms with Crippen LogP contribution in [-0.2, 0) is 6.54 Å². The van der Waals surface area contributed by atoms with Crippen molar-refractivity contribution in [3.05, 3.63) is 58.6 Å². The fourth-order valence-corrected chi connectivity index (χ4v) is 1.95. The van der Waals surface area contributed by atoms with Crippen molar-refractivity contribution >= 4 is 17.3 Å². The first kappa shape index (κ1) is 13.3. The molecule has 2 aromatic carbocycles. The Labute approximate surface area is 117 Å². The van der Waals surface area contributed by atoms with Crippen LogP contribution < -0.4 is 10.1 Å². The SMILES string of the molecule is COc1ccc(CNc2cccc(Cl)c2)cc1C#N. The quantitative estimate of drug-likeness (QED) is 0.920. The van der Waals surface area contributed by atoms with E-state index < -0.39 is 0 Å². The number of nitrogens with zero attached hydrogens (tertiary/aromatic N) is 1. The van der Waals surface area contributed by atoms with Crippen LogP contribution in [0.15, 0.2) is 42.5 Å². The molecule has 0 fully saturated rings. The average molecular weight is 273 g/mol. The molecule has 2 rings (SSSR count). The van der Waals surface area contributed by atoms with Crippen LogP contribution in [0.2, 0.25) is 5.02 Å². The summed E-state index contributed by atoms with van der Waals surface area (Å²) in [6.45, 7) is 0.624. The Balaban J connectivity index is 2.10. The van der Waals surface area contributed by atoms with E-state index in [0.717, 1.165) is 11.3 Å². The minimum Gasteiger partial charge on any atom is -0.495 e. The van der Waals surface area contributed by atoms with E-state index in [-0.39, 0.29) is 0 Å². The van der Waals surface area contributed by atoms with E-state index in [9.17, 15) is 0 Å². The van der Waals surface area contributed by atoms with Crippen LogP contribution in [0.3, 0.4) is 0 Å². The van der Waals surface area contributed by atoms with Gasteiger partial charge in [-0.1, -0.05) is 23.7 Å². The smallest absolute Gasteiger partial charge is 0.136 e. The molecule has 0 radical (unpaired) electrons. The van der Waals surface area contributed by atoms with Gasteiger partial charge in [-0.25, -0.2) is 0 Å². The third kappa shape index (κ3) is 3.40. The molecule has 0 spiro atoms. The van der Waals surface area contributed by atoms with Crippen LogP contribution in [0.25, 0.3) is 0 Å². The molecule has 4 heteroatoms. The van der Waals surface area contributed by atoms with Gasteiger partial charge in [0.2, 0.25) is 0 Å². The van der Waals surface area contributed by atoms with Crippen molar-refractivity contribution in [3.63, 3.8) is 0 Å². The maximum Gasteiger partial charge on any atom is 0.136 e. The first-order chi connectivity index (χ1) is 9.22. The van der Waals surface area contributed by atoms with E-state index in [0.29, 0.717) is 22.9 Å². The molecule has 0 bridgehead atoms. The lowest BCUT2D eigenvalue weighted by Gasteiger charge is -2.09. The molecule has 0 unspecified atom stereocenters. The molecular formula is C15H13ClN2O. The monoisotopic (exact) mass is 272 g/mol. The Morgan fingerprint density at radius 1 is 1.26 bits per heavy atom. The van der Waals surface area contributed by atoms with Gasteiger partial charge in [0.25, 0.3) is 0 Å². The number of benzene rings is 2. The third-order valence-electron chi connectivity index (χ3n) is 2.71. The molecule has 0 atom stereocenters. The van der Waals surface area contributed by atoms with Crippen LogP contribution in [0.5, 0.6) is 5.75 Å². The van der Waals surface area contributed by atoms with Gasteiger partial charge in [-0.3, -0.25) is 0 Å². The Kier molecular flexibility index (Phi) is 4.27. The van der Waals surface area contributed by atoms with Crippen molar-refractivity contribution < 1.29 is 4.74 Å². The zero-order chi connectivity index (χ0) is 13.7. The Morgan fingerprint density at radius 2 is 2.11 bits per heavy atom. The molecule has 0 saturated heterocycles. The molecule has 19 heavy (non-hydrogen) atoms. The van der Waals surface area contributed by atoms with Crippen LogP contribution in [0, 0.1) is 11.3 Å². The summed E-state index contributed by atoms with van der Waals surface area (Å²) in [5, 5.41) is 13.0. The van der Waals surface area contributed by atoms with E-state index in [1.165, 1.54) is 0 Å². The Hall–Kier alpha value is -2.18. The summed E-state index contributed by atoms with van der Waals surface area (Å²) in [5.41, 5.74) is 2.49. The lowest BCUT2D eigenvalue weighted by molar-refractivity contribution is 0.413. The fraction of sp³-hybridized carbons (Fsp3) is 0.133. The summed E-state index contributed by atoms with van der Waals surface area (Å²) in [4.78, 5) is 0. The molecule has 1 N–H and O–H groups in total. The summed E-state index contributed by atoms with van der Waals surface area (Å²) in [5.74, 6) is 0.592. The van der Waals surface area contributed by atoms with Crippen LogP contribution in [-0.4, -0.2) is 7.11 Å². The molecule has 0 aliphatic carbocycles. The minimum atomic E-state index is 0.535. The van der Waals surface area contributed by atoms with E-state index in [1.54, 1.807) is 13.2 Å². The second kappa shape index (κ2) is 6.12. The summed E-state index contributed by atoms with van der Waals surface area (Å²) < 4.78 is 5.11. The number of nitrogens with one attached hydrogen (secondary N) is 1. The normalized spacial score (nSPS) is 9.74. The van der Waals surface area contributed by atoms with E-state index in [2.05, 4.69) is 11.4 Å². The van der Waals surface area contributed by atoms with Crippen molar-refractivity contribution in [2.75, 3.05) is 12.4 Å². The molecule has 0 aliphatic rings. The highest BCUT2D eigenvalue weighted by atomic mass is 35.5. The molecular weight excluding hydrogens is 260 g/mol. The number of halogens is 1. The molecule has 3 nitrogen and oxygen atoms in total. The zero-order valence-corrected chi connectivity index (χ0v) is 11.2. The topological polar surface area (TPSA) is 45.0 Å². The number of anilines is 1. The molecule has 0 amide bonds. The van der Waals surface area contributed by atoms with Gasteiger partial charge < -0.3 is 10.1 Å². The Bertz CT molecular complexity index is 620. The van der Waals surface area contributed by atoms with E-state index in [4.69, 9.17) is 21.6 Å². The van der Waals surface area contributed by atoms with Gasteiger partial charge in [-0.2, -0.15) is 5.26 Å². The molecule has 0 aliphatic heterocycles. The van der Waals surface area contributed by atoms with E-state index in [1.807, 2.05) is 36.4 Å². The summed E-state index contributed by atoms with van der Waals surface area (Å²) in [7, 11) is 1.56. The van der Waals surface area contributed by atoms with Gasteiger partial charge >= 0.3 is 0 Å². The number of rotatable bonds is 4. The van der Waals surface area contributed by atoms with E-state index >= 15 is 0 Å². The van der Waals surface area contributed by atoms with Crippen LogP contribution in [0.1, 0.15) is 11.1 Å². The number of hydrogen-bond donors (Lipinski definition) is 1. The van der Waals surface area contributed by atoms with Gasteiger partial charge in [0, 0.05) is 17.3 Å². The highest BCUT2D eigenvalue weighted by Crippen LogP contribution is 2.20. The maximum atomic E-state index is 9.03. The second-order valence-electron chi connectivity index (χ2n) is 4.01. The largest absolute Gasteiger partial charge is 0.495 e. The average Bonchev–Trinajstić information content (AvgIpc) is 2.45. The molecule has 2 aromatic rings. The third-order valence-corrected chi connectivity index (χ3v) is 2.94. The highest BCUT2D eigenvalue weighted by molar-refractivity contribution is 6.30. The summed E-state index contributed by atoms with van der Waals surface area (Å²) in [6.07, 6.45) is 0. The molecule has 0 saturated carbocycles. The van der Waals surface area contributed by atoms with Gasteiger partial charge in [-0.15, -0.1) is 0 Å². The lowest BCUT2D eigenvalue weighted by atomic mass is 10.1. The molecule has 0 heterocycles. The number of nitriles is 1. The predicted molar refractivity (Wildman–Crippen MR) is 76.5 cm³/mol. The van der Waals surface area contributed by atoms with Crippen LogP contribution >= 0.6 is 11.6 Å². The number of hydrogen-bond acceptors (Lipinski definition) is 3. The summed E-state index contributed by atoms with van der Waals surface area (Å²) in [6, 6.07) is 15.2. The van der Waals surface area contributed by atoms with Crippen molar-refractivity contribution in [2.24, 2.45) is 0 Å². The van der Waals surface area contributed by atoms with Gasteiger partial charge in [0.05, 0.1) is 12.7 Å². The second-order valence-corrected chi connectivity index (χ2v) is 4.45. The molecule has 0 aromatic heterocycles. The predicted octanol–water partition coefficient (Wildman–Crippen LogP) is 3.83. The van der Waals surface area contributed by atoms with Crippen molar-refractivity contribution in [1.82, 2.24) is 0 Å². The highest BCUT2D eigenvalue weighted by Gasteiger charge is 2.03. The molecule has 96 valence electrons. The Morgan fingerprint density at radius 3 is 2.79 bits per heavy atom. The maximum absolute atomic E-state index is 9.03. The van der Waals surface area contributed by atoms with Gasteiger partial charge in [0.1, 0.15) is 11.8 Å². The van der Waals surface area contributed by atoms with Crippen molar-refractivity contribution in [3.8, 4) is 11.8 Å². The first-order valence-corrected chi connectivity index (χ1v) is 6.17. The van der Waals surface area contributed by atoms with Gasteiger partial charge in [-0.05, 0) is 35.9 Å². The van der Waals surface area contributed by atoms with Crippen LogP contribution in [0.4, 0.5) is 5.69 Å². The lowest BCUT2D eigenvalue weighted by Crippen LogP contribution is -2.00. The van der Waals surface area contributed by atoms with Crippen molar-refractivity contribution in [1.29, 1.82) is 5.26 Å². The zero-order valence-electron chi connectivity index (χ0n) is 10.5. The van der Waals surface area contributed by atoms with Crippen molar-refractivity contribution in [2.45, 2.75) is 6.54 Å². The standard InChI is InChI=1S/C15H13ClN2O/c1-19-15-6-5-11(7-12(15)9-17)10-18-14-4-2-3-13(16)8-14/h2-8,18H,10H2,1H3. The summed E-state index contributed by atoms with van der Waals surface area (Å²) >= 11 is 5.91. The fourth-order valence-electron chi connectivity index (χ4n) is 1.76. The minimum absolute atomic E-state index is 0.535. The first-order valence-electron chi connectivity index (χ1n) is 5.79. The number of methoxy groups -OCH3 is 1.